The summed E-state index contributed by atoms with van der Waals surface area (Å²) in [5, 5.41) is 13.8. The molecule has 0 heterocycles. The Morgan fingerprint density at radius 1 is 1.25 bits per heavy atom. The number of halogens is 1. The zero-order chi connectivity index (χ0) is 17.1. The minimum Gasteiger partial charge on any atom is -0.397 e. The number of nitrogen functional groups attached to an aromatic ring is 1. The van der Waals surface area contributed by atoms with Gasteiger partial charge in [0.2, 0.25) is 0 Å². The Bertz CT molecular complexity index is 787. The first-order valence-corrected chi connectivity index (χ1v) is 8.89. The van der Waals surface area contributed by atoms with Crippen LogP contribution in [-0.4, -0.2) is 18.7 Å². The minimum atomic E-state index is -0.236. The molecule has 1 saturated carbocycles. The molecule has 5 N–H and O–H groups in total. The number of rotatable bonds is 6. The minimum absolute atomic E-state index is 0.236. The lowest BCUT2D eigenvalue weighted by molar-refractivity contribution is 0.102. The Hall–Kier alpha value is -2.09. The first kappa shape index (κ1) is 16.8. The van der Waals surface area contributed by atoms with Crippen molar-refractivity contribution >= 4 is 51.8 Å². The van der Waals surface area contributed by atoms with E-state index in [1.54, 1.807) is 18.2 Å². The Morgan fingerprint density at radius 3 is 2.67 bits per heavy atom. The van der Waals surface area contributed by atoms with Gasteiger partial charge in [-0.15, -0.1) is 0 Å². The van der Waals surface area contributed by atoms with Crippen LogP contribution in [0.5, 0.6) is 0 Å². The predicted molar refractivity (Wildman–Crippen MR) is 107 cm³/mol. The van der Waals surface area contributed by atoms with Crippen LogP contribution in [0.25, 0.3) is 0 Å². The second kappa shape index (κ2) is 7.21. The third-order valence-electron chi connectivity index (χ3n) is 4.01. The summed E-state index contributed by atoms with van der Waals surface area (Å²) in [5.74, 6) is 0.509. The number of hydrogen-bond donors (Lipinski definition) is 4. The number of nitrogens with one attached hydrogen (secondary N) is 3. The largest absolute Gasteiger partial charge is 0.397 e. The van der Waals surface area contributed by atoms with Gasteiger partial charge < -0.3 is 21.8 Å². The Kier molecular flexibility index (Phi) is 5.03. The molecular formula is C18H19IN4O. The summed E-state index contributed by atoms with van der Waals surface area (Å²) >= 11 is 2.17. The maximum absolute atomic E-state index is 12.4. The summed E-state index contributed by atoms with van der Waals surface area (Å²) in [6.45, 7) is 0.922. The molecule has 3 rings (SSSR count). The molecule has 0 spiro atoms. The second-order valence-corrected chi connectivity index (χ2v) is 7.20. The summed E-state index contributed by atoms with van der Waals surface area (Å²) in [6.07, 6.45) is 3.81. The van der Waals surface area contributed by atoms with E-state index in [0.29, 0.717) is 22.5 Å². The van der Waals surface area contributed by atoms with Crippen LogP contribution in [-0.2, 0) is 0 Å². The molecular weight excluding hydrogens is 415 g/mol. The highest BCUT2D eigenvalue weighted by atomic mass is 127. The highest BCUT2D eigenvalue weighted by Crippen LogP contribution is 2.29. The maximum atomic E-state index is 12.4. The van der Waals surface area contributed by atoms with Gasteiger partial charge in [-0.05, 0) is 77.7 Å². The molecule has 5 nitrogen and oxygen atoms in total. The number of anilines is 3. The lowest BCUT2D eigenvalue weighted by Crippen LogP contribution is -2.14. The van der Waals surface area contributed by atoms with Gasteiger partial charge in [0.15, 0.2) is 0 Å². The van der Waals surface area contributed by atoms with Gasteiger partial charge in [0.25, 0.3) is 5.91 Å². The van der Waals surface area contributed by atoms with E-state index in [1.807, 2.05) is 18.2 Å². The Balaban J connectivity index is 1.75. The number of benzene rings is 2. The number of amides is 1. The first-order valence-electron chi connectivity index (χ1n) is 7.81. The molecule has 1 aliphatic rings. The summed E-state index contributed by atoms with van der Waals surface area (Å²) < 4.78 is 1.01. The van der Waals surface area contributed by atoms with Crippen LogP contribution in [0.15, 0.2) is 36.4 Å². The molecule has 6 heteroatoms. The number of carbonyl (C=O) groups is 1. The second-order valence-electron chi connectivity index (χ2n) is 5.96. The van der Waals surface area contributed by atoms with Gasteiger partial charge in [0.1, 0.15) is 0 Å². The molecule has 0 bridgehead atoms. The molecule has 1 aliphatic carbocycles. The van der Waals surface area contributed by atoms with Gasteiger partial charge in [0, 0.05) is 33.1 Å². The molecule has 0 atom stereocenters. The zero-order valence-corrected chi connectivity index (χ0v) is 15.3. The van der Waals surface area contributed by atoms with Crippen LogP contribution in [0.4, 0.5) is 17.1 Å². The number of nitrogens with two attached hydrogens (primary N) is 1. The predicted octanol–water partition coefficient (Wildman–Crippen LogP) is 3.95. The maximum Gasteiger partial charge on any atom is 0.255 e. The van der Waals surface area contributed by atoms with Crippen molar-refractivity contribution in [3.63, 3.8) is 0 Å². The lowest BCUT2D eigenvalue weighted by atomic mass is 10.1. The van der Waals surface area contributed by atoms with Crippen molar-refractivity contribution in [1.29, 1.82) is 5.41 Å². The van der Waals surface area contributed by atoms with Crippen molar-refractivity contribution in [2.75, 3.05) is 22.9 Å². The normalized spacial score (nSPS) is 13.4. The Labute approximate surface area is 154 Å². The van der Waals surface area contributed by atoms with E-state index < -0.39 is 0 Å². The molecule has 1 amide bonds. The van der Waals surface area contributed by atoms with Crippen LogP contribution < -0.4 is 16.4 Å². The van der Waals surface area contributed by atoms with Crippen LogP contribution in [0.1, 0.15) is 28.8 Å². The van der Waals surface area contributed by atoms with Gasteiger partial charge >= 0.3 is 0 Å². The molecule has 0 aromatic heterocycles. The van der Waals surface area contributed by atoms with Gasteiger partial charge in [0.05, 0.1) is 11.4 Å². The molecule has 0 aliphatic heterocycles. The van der Waals surface area contributed by atoms with E-state index in [0.717, 1.165) is 21.7 Å². The van der Waals surface area contributed by atoms with Crippen molar-refractivity contribution in [3.05, 3.63) is 51.1 Å². The van der Waals surface area contributed by atoms with Crippen molar-refractivity contribution in [3.8, 4) is 0 Å². The topological polar surface area (TPSA) is 91.0 Å². The fourth-order valence-corrected chi connectivity index (χ4v) is 2.92. The fourth-order valence-electron chi connectivity index (χ4n) is 2.40. The summed E-state index contributed by atoms with van der Waals surface area (Å²) in [4.78, 5) is 12.4. The van der Waals surface area contributed by atoms with Crippen LogP contribution in [0.2, 0.25) is 0 Å². The molecule has 0 unspecified atom stereocenters. The van der Waals surface area contributed by atoms with Gasteiger partial charge in [-0.2, -0.15) is 0 Å². The molecule has 0 saturated heterocycles. The molecule has 124 valence electrons. The van der Waals surface area contributed by atoms with Crippen molar-refractivity contribution in [2.45, 2.75) is 12.8 Å². The average Bonchev–Trinajstić information content (AvgIpc) is 3.39. The molecule has 0 radical (unpaired) electrons. The zero-order valence-electron chi connectivity index (χ0n) is 13.1. The standard InChI is InChI=1S/C18H19IN4O/c19-14-4-6-17(15(21)8-14)23-18(24)12-3-5-16(13(7-12)9-20)22-10-11-1-2-11/h3-9,11,20,22H,1-2,10,21H2,(H,23,24). The molecule has 2 aromatic carbocycles. The van der Waals surface area contributed by atoms with Gasteiger partial charge in [-0.3, -0.25) is 4.79 Å². The monoisotopic (exact) mass is 434 g/mol. The molecule has 1 fully saturated rings. The lowest BCUT2D eigenvalue weighted by Gasteiger charge is -2.12. The smallest absolute Gasteiger partial charge is 0.255 e. The summed E-state index contributed by atoms with van der Waals surface area (Å²) in [5.41, 5.74) is 9.16. The van der Waals surface area contributed by atoms with E-state index in [2.05, 4.69) is 33.2 Å². The Morgan fingerprint density at radius 2 is 2.00 bits per heavy atom. The van der Waals surface area contributed by atoms with Gasteiger partial charge in [-0.25, -0.2) is 0 Å². The van der Waals surface area contributed by atoms with Gasteiger partial charge in [-0.1, -0.05) is 0 Å². The first-order chi connectivity index (χ1) is 11.6. The van der Waals surface area contributed by atoms with Crippen LogP contribution in [0.3, 0.4) is 0 Å². The van der Waals surface area contributed by atoms with E-state index in [9.17, 15) is 4.79 Å². The van der Waals surface area contributed by atoms with E-state index >= 15 is 0 Å². The van der Waals surface area contributed by atoms with E-state index in [-0.39, 0.29) is 5.91 Å². The third kappa shape index (κ3) is 4.05. The highest BCUT2D eigenvalue weighted by Gasteiger charge is 2.21. The highest BCUT2D eigenvalue weighted by molar-refractivity contribution is 14.1. The molecule has 24 heavy (non-hydrogen) atoms. The van der Waals surface area contributed by atoms with E-state index in [4.69, 9.17) is 11.1 Å². The molecule has 2 aromatic rings. The SMILES string of the molecule is N=Cc1cc(C(=O)Nc2ccc(I)cc2N)ccc1NCC1CC1. The van der Waals surface area contributed by atoms with E-state index in [1.165, 1.54) is 19.1 Å². The van der Waals surface area contributed by atoms with Crippen molar-refractivity contribution in [2.24, 2.45) is 5.92 Å². The summed E-state index contributed by atoms with van der Waals surface area (Å²) in [6, 6.07) is 10.8. The van der Waals surface area contributed by atoms with Crippen molar-refractivity contribution in [1.82, 2.24) is 0 Å². The number of carbonyl (C=O) groups excluding carboxylic acids is 1. The quantitative estimate of drug-likeness (QED) is 0.315. The average molecular weight is 434 g/mol. The van der Waals surface area contributed by atoms with Crippen molar-refractivity contribution < 1.29 is 4.79 Å². The fraction of sp³-hybridized carbons (Fsp3) is 0.222. The van der Waals surface area contributed by atoms with Crippen LogP contribution in [0, 0.1) is 14.9 Å². The van der Waals surface area contributed by atoms with Crippen LogP contribution >= 0.6 is 22.6 Å². The third-order valence-corrected chi connectivity index (χ3v) is 4.68. The summed E-state index contributed by atoms with van der Waals surface area (Å²) in [7, 11) is 0. The number of hydrogen-bond acceptors (Lipinski definition) is 4.